The highest BCUT2D eigenvalue weighted by Crippen LogP contribution is 2.38. The Balaban J connectivity index is 1.96. The van der Waals surface area contributed by atoms with Crippen molar-refractivity contribution in [2.75, 3.05) is 20.3 Å². The van der Waals surface area contributed by atoms with Crippen molar-refractivity contribution >= 4 is 29.0 Å². The van der Waals surface area contributed by atoms with E-state index in [1.165, 1.54) is 12.3 Å². The number of nitrogens with one attached hydrogen (secondary N) is 2. The molecule has 0 radical (unpaired) electrons. The molecule has 38 heavy (non-hydrogen) atoms. The van der Waals surface area contributed by atoms with E-state index in [0.717, 1.165) is 10.2 Å². The monoisotopic (exact) mass is 547 g/mol. The first kappa shape index (κ1) is 29.2. The van der Waals surface area contributed by atoms with E-state index < -0.39 is 31.0 Å². The van der Waals surface area contributed by atoms with Gasteiger partial charge in [0.1, 0.15) is 24.5 Å². The molecule has 3 aromatic heterocycles. The number of pyridine rings is 2. The van der Waals surface area contributed by atoms with Crippen LogP contribution in [0, 0.1) is 5.41 Å². The zero-order valence-electron chi connectivity index (χ0n) is 22.0. The maximum atomic E-state index is 13.8. The van der Waals surface area contributed by atoms with Gasteiger partial charge < -0.3 is 20.5 Å². The fraction of sp³-hybridized carbons (Fsp3) is 0.385. The number of aromatic nitrogens is 3. The molecule has 204 valence electrons. The number of allylic oxidation sites excluding steroid dienone is 1. The van der Waals surface area contributed by atoms with Crippen LogP contribution in [0.5, 0.6) is 5.75 Å². The Morgan fingerprint density at radius 2 is 2.08 bits per heavy atom. The number of ether oxygens (including phenoxy) is 1. The largest absolute Gasteiger partial charge is 0.495 e. The number of alkyl halides is 2. The average Bonchev–Trinajstić information content (AvgIpc) is 3.28. The number of carbonyl (C=O) groups is 1. The number of thioether (sulfide) groups is 1. The van der Waals surface area contributed by atoms with Gasteiger partial charge in [0.05, 0.1) is 41.3 Å². The summed E-state index contributed by atoms with van der Waals surface area (Å²) in [5.74, 6) is -3.42. The summed E-state index contributed by atoms with van der Waals surface area (Å²) >= 11 is 1.58. The number of imidazole rings is 1. The highest BCUT2D eigenvalue weighted by Gasteiger charge is 2.32. The van der Waals surface area contributed by atoms with Crippen molar-refractivity contribution in [3.05, 3.63) is 66.0 Å². The molecule has 9 nitrogen and oxygen atoms in total. The van der Waals surface area contributed by atoms with Gasteiger partial charge in [-0.05, 0) is 19.1 Å². The molecule has 12 heteroatoms. The number of amides is 1. The van der Waals surface area contributed by atoms with Crippen molar-refractivity contribution < 1.29 is 28.7 Å². The molecule has 1 amide bonds. The Morgan fingerprint density at radius 3 is 2.68 bits per heavy atom. The molecule has 0 bridgehead atoms. The second-order valence-electron chi connectivity index (χ2n) is 9.68. The van der Waals surface area contributed by atoms with E-state index in [1.807, 2.05) is 0 Å². The van der Waals surface area contributed by atoms with Crippen molar-refractivity contribution in [2.24, 2.45) is 0 Å². The maximum absolute atomic E-state index is 13.8. The lowest BCUT2D eigenvalue weighted by atomic mass is 10.2. The van der Waals surface area contributed by atoms with E-state index >= 15 is 0 Å². The van der Waals surface area contributed by atoms with Crippen molar-refractivity contribution in [1.29, 1.82) is 5.41 Å². The normalized spacial score (nSPS) is 13.4. The molecule has 5 N–H and O–H groups in total. The first-order valence-corrected chi connectivity index (χ1v) is 12.7. The molecule has 0 saturated carbocycles. The highest BCUT2D eigenvalue weighted by atomic mass is 32.2. The molecule has 3 heterocycles. The zero-order valence-corrected chi connectivity index (χ0v) is 22.8. The first-order chi connectivity index (χ1) is 17.8. The van der Waals surface area contributed by atoms with Crippen molar-refractivity contribution in [1.82, 2.24) is 19.7 Å². The molecular formula is C26H33F2N6O3S+. The lowest BCUT2D eigenvalue weighted by Crippen LogP contribution is -2.87. The van der Waals surface area contributed by atoms with Gasteiger partial charge in [-0.1, -0.05) is 26.8 Å². The Kier molecular flexibility index (Phi) is 9.23. The van der Waals surface area contributed by atoms with Gasteiger partial charge in [0.25, 0.3) is 0 Å². The van der Waals surface area contributed by atoms with Crippen LogP contribution in [-0.2, 0) is 4.79 Å². The Labute approximate surface area is 224 Å². The molecule has 1 atom stereocenters. The first-order valence-electron chi connectivity index (χ1n) is 11.9. The number of nitrogens with two attached hydrogens (primary N) is 1. The number of carbonyl (C=O) groups excluding carboxylic acids is 1. The second kappa shape index (κ2) is 12.0. The van der Waals surface area contributed by atoms with Crippen LogP contribution in [0.25, 0.3) is 5.65 Å². The second-order valence-corrected chi connectivity index (χ2v) is 11.5. The van der Waals surface area contributed by atoms with Gasteiger partial charge in [-0.25, -0.2) is 4.98 Å². The maximum Gasteiger partial charge on any atom is 0.318 e. The number of aliphatic hydroxyl groups is 1. The number of nitrogens with zero attached hydrogens (tertiary/aromatic N) is 3. The fourth-order valence-corrected chi connectivity index (χ4v) is 4.57. The number of aliphatic hydroxyl groups excluding tert-OH is 1. The van der Waals surface area contributed by atoms with E-state index in [0.29, 0.717) is 22.8 Å². The molecule has 3 aromatic rings. The summed E-state index contributed by atoms with van der Waals surface area (Å²) in [7, 11) is 1.57. The summed E-state index contributed by atoms with van der Waals surface area (Å²) < 4.78 is 34.8. The molecule has 3 rings (SSSR count). The van der Waals surface area contributed by atoms with Gasteiger partial charge in [-0.15, -0.1) is 11.8 Å². The van der Waals surface area contributed by atoms with E-state index in [4.69, 9.17) is 15.3 Å². The van der Waals surface area contributed by atoms with Crippen LogP contribution in [0.4, 0.5) is 8.78 Å². The number of halogens is 2. The van der Waals surface area contributed by atoms with E-state index in [-0.39, 0.29) is 16.2 Å². The Hall–Kier alpha value is -3.35. The third-order valence-electron chi connectivity index (χ3n) is 5.38. The predicted octanol–water partition coefficient (Wildman–Crippen LogP) is 2.95. The van der Waals surface area contributed by atoms with E-state index in [9.17, 15) is 13.6 Å². The summed E-state index contributed by atoms with van der Waals surface area (Å²) in [6.45, 7) is 5.69. The van der Waals surface area contributed by atoms with Gasteiger partial charge >= 0.3 is 11.8 Å². The minimum Gasteiger partial charge on any atom is -0.495 e. The topological polar surface area (TPSA) is 129 Å². The molecule has 0 unspecified atom stereocenters. The lowest BCUT2D eigenvalue weighted by Gasteiger charge is -2.19. The summed E-state index contributed by atoms with van der Waals surface area (Å²) in [6.07, 6.45) is 6.09. The third-order valence-corrected chi connectivity index (χ3v) is 6.52. The molecule has 0 spiro atoms. The van der Waals surface area contributed by atoms with Crippen LogP contribution in [0.2, 0.25) is 0 Å². The molecule has 0 aliphatic heterocycles. The number of hydrogen-bond acceptors (Lipinski definition) is 7. The molecule has 0 aliphatic carbocycles. The summed E-state index contributed by atoms with van der Waals surface area (Å²) in [4.78, 5) is 22.5. The van der Waals surface area contributed by atoms with E-state index in [1.54, 1.807) is 66.9 Å². The Bertz CT molecular complexity index is 1320. The van der Waals surface area contributed by atoms with Crippen molar-refractivity contribution in [3.8, 4) is 5.75 Å². The Morgan fingerprint density at radius 1 is 1.34 bits per heavy atom. The quantitative estimate of drug-likeness (QED) is 0.166. The highest BCUT2D eigenvalue weighted by molar-refractivity contribution is 8.00. The smallest absolute Gasteiger partial charge is 0.318 e. The van der Waals surface area contributed by atoms with Crippen molar-refractivity contribution in [3.63, 3.8) is 0 Å². The lowest BCUT2D eigenvalue weighted by molar-refractivity contribution is -0.619. The van der Waals surface area contributed by atoms with Gasteiger partial charge in [-0.3, -0.25) is 19.6 Å². The summed E-state index contributed by atoms with van der Waals surface area (Å²) in [6, 6.07) is 6.50. The van der Waals surface area contributed by atoms with Crippen LogP contribution in [-0.4, -0.2) is 62.0 Å². The number of hydrogen-bond donors (Lipinski definition) is 4. The molecule has 0 fully saturated rings. The number of quaternary nitrogens is 1. The van der Waals surface area contributed by atoms with Crippen molar-refractivity contribution in [2.45, 2.75) is 49.3 Å². The summed E-state index contributed by atoms with van der Waals surface area (Å²) in [5, 5.41) is 21.4. The standard InChI is InChI=1S/C26H32F2N6O3S/c1-16(18-8-6-7-9-30-18)33-24(36)19(32-14-26(27,28)15-35)10-17(29)20-12-31-23-11-21(37-5)22(13-34(20)23)38-25(2,3)4/h6-13,16,29,32,35H,14-15H2,1-5H3,(H,33,36)/p+1/b19-10-,29-17?/t16-/m1/s1. The fourth-order valence-electron chi connectivity index (χ4n) is 3.51. The molecule has 0 aromatic carbocycles. The van der Waals surface area contributed by atoms with E-state index in [2.05, 4.69) is 36.1 Å². The summed E-state index contributed by atoms with van der Waals surface area (Å²) in [5.41, 5.74) is 1.24. The predicted molar refractivity (Wildman–Crippen MR) is 142 cm³/mol. The number of rotatable bonds is 11. The van der Waals surface area contributed by atoms with Crippen LogP contribution >= 0.6 is 11.8 Å². The van der Waals surface area contributed by atoms with Crippen LogP contribution in [0.1, 0.15) is 45.1 Å². The number of methoxy groups -OCH3 is 1. The van der Waals surface area contributed by atoms with Crippen LogP contribution < -0.4 is 15.4 Å². The van der Waals surface area contributed by atoms with Crippen LogP contribution in [0.3, 0.4) is 0 Å². The molecule has 0 saturated heterocycles. The average molecular weight is 548 g/mol. The van der Waals surface area contributed by atoms with Gasteiger partial charge in [0.15, 0.2) is 5.70 Å². The molecule has 0 aliphatic rings. The van der Waals surface area contributed by atoms with Gasteiger partial charge in [-0.2, -0.15) is 8.78 Å². The number of fused-ring (bicyclic) bond motifs is 1. The minimum atomic E-state index is -3.41. The minimum absolute atomic E-state index is 0.103. The van der Waals surface area contributed by atoms with Gasteiger partial charge in [0.2, 0.25) is 0 Å². The molecular weight excluding hydrogens is 514 g/mol. The van der Waals surface area contributed by atoms with Crippen LogP contribution in [0.15, 0.2) is 59.5 Å². The third kappa shape index (κ3) is 7.59. The zero-order chi connectivity index (χ0) is 28.1. The van der Waals surface area contributed by atoms with Gasteiger partial charge in [0, 0.05) is 29.3 Å². The SMILES string of the molecule is COc1cc2ncc(C(=N)/C=C(\[NH2+]CC(F)(F)CO)C(=O)N[C@H](C)c3ccccn3)n2cc1SC(C)(C)C.